The maximum absolute atomic E-state index is 12.4. The predicted molar refractivity (Wildman–Crippen MR) is 95.9 cm³/mol. The second-order valence-corrected chi connectivity index (χ2v) is 6.28. The van der Waals surface area contributed by atoms with Crippen LogP contribution in [0.25, 0.3) is 10.9 Å². The number of rotatable bonds is 4. The predicted octanol–water partition coefficient (Wildman–Crippen LogP) is 2.50. The van der Waals surface area contributed by atoms with Crippen molar-refractivity contribution in [2.45, 2.75) is 13.3 Å². The molecule has 7 heteroatoms. The van der Waals surface area contributed by atoms with Crippen molar-refractivity contribution < 1.29 is 14.4 Å². The number of nitrogens with one attached hydrogen (secondary N) is 2. The number of carbonyl (C=O) groups is 3. The summed E-state index contributed by atoms with van der Waals surface area (Å²) in [4.78, 5) is 38.1. The summed E-state index contributed by atoms with van der Waals surface area (Å²) in [7, 11) is 0. The van der Waals surface area contributed by atoms with Crippen LogP contribution in [0, 0.1) is 6.92 Å². The van der Waals surface area contributed by atoms with Crippen LogP contribution in [-0.4, -0.2) is 39.4 Å². The van der Waals surface area contributed by atoms with Gasteiger partial charge in [0, 0.05) is 24.0 Å². The molecule has 0 saturated carbocycles. The lowest BCUT2D eigenvalue weighted by atomic mass is 10.1. The maximum Gasteiger partial charge on any atom is 0.261 e. The molecule has 0 bridgehead atoms. The average Bonchev–Trinajstić information content (AvgIpc) is 3.17. The summed E-state index contributed by atoms with van der Waals surface area (Å²) in [5, 5.41) is 10.4. The van der Waals surface area contributed by atoms with E-state index < -0.39 is 0 Å². The summed E-state index contributed by atoms with van der Waals surface area (Å²) in [6.45, 7) is 1.91. The Hall–Kier alpha value is -3.48. The molecule has 0 unspecified atom stereocenters. The van der Waals surface area contributed by atoms with Crippen LogP contribution in [-0.2, 0) is 4.79 Å². The van der Waals surface area contributed by atoms with Crippen LogP contribution >= 0.6 is 0 Å². The number of carbonyl (C=O) groups excluding carboxylic acids is 3. The van der Waals surface area contributed by atoms with E-state index in [2.05, 4.69) is 15.5 Å². The molecular weight excluding hydrogens is 332 g/mol. The summed E-state index contributed by atoms with van der Waals surface area (Å²) in [6, 6.07) is 10.6. The zero-order valence-electron chi connectivity index (χ0n) is 14.1. The summed E-state index contributed by atoms with van der Waals surface area (Å²) in [6.07, 6.45) is 1.71. The van der Waals surface area contributed by atoms with E-state index in [-0.39, 0.29) is 30.7 Å². The molecule has 0 fully saturated rings. The van der Waals surface area contributed by atoms with Gasteiger partial charge in [-0.05, 0) is 37.3 Å². The van der Waals surface area contributed by atoms with Crippen LogP contribution in [0.4, 0.5) is 5.69 Å². The molecule has 130 valence electrons. The first-order valence-electron chi connectivity index (χ1n) is 8.23. The number of amides is 3. The van der Waals surface area contributed by atoms with Crippen molar-refractivity contribution in [2.24, 2.45) is 0 Å². The molecule has 0 radical (unpaired) electrons. The highest BCUT2D eigenvalue weighted by Gasteiger charge is 2.35. The highest BCUT2D eigenvalue weighted by atomic mass is 16.2. The number of hydrogen-bond acceptors (Lipinski definition) is 4. The lowest BCUT2D eigenvalue weighted by Gasteiger charge is -2.13. The minimum absolute atomic E-state index is 0.0356. The number of anilines is 1. The van der Waals surface area contributed by atoms with Gasteiger partial charge < -0.3 is 5.32 Å². The third-order valence-corrected chi connectivity index (χ3v) is 4.41. The summed E-state index contributed by atoms with van der Waals surface area (Å²) in [5.74, 6) is -0.959. The first-order valence-corrected chi connectivity index (χ1v) is 8.23. The first-order chi connectivity index (χ1) is 12.5. The molecule has 2 N–H and O–H groups in total. The van der Waals surface area contributed by atoms with Crippen molar-refractivity contribution in [3.63, 3.8) is 0 Å². The van der Waals surface area contributed by atoms with Crippen LogP contribution in [0.15, 0.2) is 42.6 Å². The van der Waals surface area contributed by atoms with Crippen molar-refractivity contribution in [1.82, 2.24) is 15.1 Å². The Kier molecular flexibility index (Phi) is 3.76. The number of benzene rings is 2. The van der Waals surface area contributed by atoms with E-state index in [0.29, 0.717) is 16.8 Å². The Morgan fingerprint density at radius 1 is 1.12 bits per heavy atom. The van der Waals surface area contributed by atoms with Gasteiger partial charge in [0.25, 0.3) is 11.8 Å². The topological polar surface area (TPSA) is 95.2 Å². The van der Waals surface area contributed by atoms with E-state index in [9.17, 15) is 14.4 Å². The van der Waals surface area contributed by atoms with Gasteiger partial charge in [-0.3, -0.25) is 24.4 Å². The molecule has 0 atom stereocenters. The van der Waals surface area contributed by atoms with Crippen molar-refractivity contribution in [2.75, 3.05) is 11.9 Å². The summed E-state index contributed by atoms with van der Waals surface area (Å²) >= 11 is 0. The number of hydrogen-bond donors (Lipinski definition) is 2. The molecule has 2 heterocycles. The highest BCUT2D eigenvalue weighted by molar-refractivity contribution is 6.21. The number of aryl methyl sites for hydroxylation is 1. The molecule has 3 amide bonds. The molecule has 7 nitrogen and oxygen atoms in total. The molecule has 0 spiro atoms. The van der Waals surface area contributed by atoms with Gasteiger partial charge in [0.1, 0.15) is 0 Å². The van der Waals surface area contributed by atoms with E-state index in [1.807, 2.05) is 19.1 Å². The van der Waals surface area contributed by atoms with E-state index in [1.165, 1.54) is 0 Å². The third-order valence-electron chi connectivity index (χ3n) is 4.41. The minimum Gasteiger partial charge on any atom is -0.326 e. The smallest absolute Gasteiger partial charge is 0.261 e. The van der Waals surface area contributed by atoms with Gasteiger partial charge in [0.15, 0.2) is 0 Å². The Balaban J connectivity index is 1.41. The fraction of sp³-hybridized carbons (Fsp3) is 0.158. The van der Waals surface area contributed by atoms with Gasteiger partial charge in [0.2, 0.25) is 5.91 Å². The third kappa shape index (κ3) is 2.73. The summed E-state index contributed by atoms with van der Waals surface area (Å²) in [5.41, 5.74) is 3.23. The van der Waals surface area contributed by atoms with E-state index in [4.69, 9.17) is 0 Å². The fourth-order valence-electron chi connectivity index (χ4n) is 3.06. The zero-order valence-corrected chi connectivity index (χ0v) is 14.1. The van der Waals surface area contributed by atoms with Crippen LogP contribution in [0.3, 0.4) is 0 Å². The molecule has 2 aromatic carbocycles. The highest BCUT2D eigenvalue weighted by Crippen LogP contribution is 2.24. The zero-order chi connectivity index (χ0) is 18.3. The van der Waals surface area contributed by atoms with E-state index >= 15 is 0 Å². The maximum atomic E-state index is 12.4. The van der Waals surface area contributed by atoms with Gasteiger partial charge >= 0.3 is 0 Å². The number of nitrogens with zero attached hydrogens (tertiary/aromatic N) is 2. The number of H-pyrrole nitrogens is 1. The Bertz CT molecular complexity index is 1050. The molecule has 1 aromatic heterocycles. The number of fused-ring (bicyclic) bond motifs is 2. The first kappa shape index (κ1) is 16.0. The van der Waals surface area contributed by atoms with Crippen LogP contribution < -0.4 is 5.32 Å². The minimum atomic E-state index is -0.349. The van der Waals surface area contributed by atoms with E-state index in [1.54, 1.807) is 30.5 Å². The fourth-order valence-corrected chi connectivity index (χ4v) is 3.06. The Labute approximate surface area is 149 Å². The quantitative estimate of drug-likeness (QED) is 0.708. The lowest BCUT2D eigenvalue weighted by molar-refractivity contribution is -0.116. The van der Waals surface area contributed by atoms with Gasteiger partial charge in [-0.25, -0.2) is 0 Å². The van der Waals surface area contributed by atoms with Gasteiger partial charge in [-0.1, -0.05) is 11.6 Å². The molecule has 26 heavy (non-hydrogen) atoms. The summed E-state index contributed by atoms with van der Waals surface area (Å²) < 4.78 is 0. The molecule has 1 aliphatic rings. The molecule has 0 aliphatic carbocycles. The number of aromatic amines is 1. The standard InChI is InChI=1S/C19H16N4O3/c1-11-2-4-14-15(8-11)19(26)23(18(14)25)7-6-17(24)21-13-3-5-16-12(9-13)10-20-22-16/h2-5,8-10H,6-7H2,1H3,(H,20,22)(H,21,24). The van der Waals surface area contributed by atoms with Gasteiger partial charge in [-0.15, -0.1) is 0 Å². The molecule has 0 saturated heterocycles. The van der Waals surface area contributed by atoms with Crippen molar-refractivity contribution in [3.05, 3.63) is 59.3 Å². The number of imide groups is 1. The molecule has 1 aliphatic heterocycles. The lowest BCUT2D eigenvalue weighted by Crippen LogP contribution is -2.32. The largest absolute Gasteiger partial charge is 0.326 e. The number of aromatic nitrogens is 2. The molecule has 3 aromatic rings. The monoisotopic (exact) mass is 348 g/mol. The SMILES string of the molecule is Cc1ccc2c(c1)C(=O)N(CCC(=O)Nc1ccc3[nH]ncc3c1)C2=O. The van der Waals surface area contributed by atoms with Crippen LogP contribution in [0.2, 0.25) is 0 Å². The Morgan fingerprint density at radius 2 is 1.92 bits per heavy atom. The van der Waals surface area contributed by atoms with Crippen molar-refractivity contribution >= 4 is 34.3 Å². The van der Waals surface area contributed by atoms with Gasteiger partial charge in [0.05, 0.1) is 22.8 Å². The normalized spacial score (nSPS) is 13.3. The van der Waals surface area contributed by atoms with E-state index in [0.717, 1.165) is 21.4 Å². The Morgan fingerprint density at radius 3 is 2.77 bits per heavy atom. The average molecular weight is 348 g/mol. The van der Waals surface area contributed by atoms with Crippen LogP contribution in [0.1, 0.15) is 32.7 Å². The molecular formula is C19H16N4O3. The van der Waals surface area contributed by atoms with Crippen molar-refractivity contribution in [1.29, 1.82) is 0 Å². The van der Waals surface area contributed by atoms with Crippen LogP contribution in [0.5, 0.6) is 0 Å². The van der Waals surface area contributed by atoms with Gasteiger partial charge in [-0.2, -0.15) is 5.10 Å². The second-order valence-electron chi connectivity index (χ2n) is 6.28. The second kappa shape index (κ2) is 6.11. The molecule has 4 rings (SSSR count). The van der Waals surface area contributed by atoms with Crippen molar-refractivity contribution in [3.8, 4) is 0 Å².